The minimum atomic E-state index is -0.700. The number of para-hydroxylation sites is 1. The molecule has 0 radical (unpaired) electrons. The molecule has 0 spiro atoms. The lowest BCUT2D eigenvalue weighted by Gasteiger charge is -2.11. The molecule has 27 heavy (non-hydrogen) atoms. The van der Waals surface area contributed by atoms with Gasteiger partial charge in [-0.3, -0.25) is 4.98 Å². The van der Waals surface area contributed by atoms with E-state index in [0.29, 0.717) is 24.5 Å². The molecule has 142 valence electrons. The maximum Gasteiger partial charge on any atom is 0.419 e. The normalized spacial score (nSPS) is 10.7. The first kappa shape index (κ1) is 18.6. The summed E-state index contributed by atoms with van der Waals surface area (Å²) in [6, 6.07) is 15.1. The number of hydrogen-bond donors (Lipinski definition) is 2. The first-order valence-corrected chi connectivity index (χ1v) is 9.03. The molecule has 3 rings (SSSR count). The van der Waals surface area contributed by atoms with Crippen LogP contribution in [0.15, 0.2) is 57.7 Å². The molecule has 6 heteroatoms. The molecule has 0 atom stereocenters. The fourth-order valence-electron chi connectivity index (χ4n) is 2.79. The molecule has 3 aromatic rings. The van der Waals surface area contributed by atoms with Crippen molar-refractivity contribution in [2.75, 3.05) is 13.2 Å². The summed E-state index contributed by atoms with van der Waals surface area (Å²) in [6.07, 6.45) is 2.81. The highest BCUT2D eigenvalue weighted by molar-refractivity contribution is 5.63. The third-order valence-electron chi connectivity index (χ3n) is 4.03. The summed E-state index contributed by atoms with van der Waals surface area (Å²) in [6.45, 7) is 3.20. The molecule has 0 amide bonds. The summed E-state index contributed by atoms with van der Waals surface area (Å²) < 4.78 is 16.6. The van der Waals surface area contributed by atoms with E-state index in [1.165, 1.54) is 5.56 Å². The molecule has 2 aromatic carbocycles. The number of nitrogens with one attached hydrogen (secondary N) is 1. The molecule has 0 unspecified atom stereocenters. The molecule has 0 aliphatic heterocycles. The van der Waals surface area contributed by atoms with Crippen LogP contribution in [0.3, 0.4) is 0 Å². The van der Waals surface area contributed by atoms with Gasteiger partial charge in [0.15, 0.2) is 5.76 Å². The first-order valence-electron chi connectivity index (χ1n) is 9.03. The van der Waals surface area contributed by atoms with E-state index in [-0.39, 0.29) is 11.6 Å². The topological polar surface area (TPSA) is 84.7 Å². The lowest BCUT2D eigenvalue weighted by atomic mass is 10.1. The molecule has 0 aliphatic carbocycles. The van der Waals surface area contributed by atoms with Gasteiger partial charge in [-0.2, -0.15) is 0 Å². The summed E-state index contributed by atoms with van der Waals surface area (Å²) >= 11 is 0. The van der Waals surface area contributed by atoms with Gasteiger partial charge in [-0.1, -0.05) is 43.7 Å². The quantitative estimate of drug-likeness (QED) is 0.554. The monoisotopic (exact) mass is 369 g/mol. The lowest BCUT2D eigenvalue weighted by molar-refractivity contribution is 0.246. The third kappa shape index (κ3) is 4.94. The second-order valence-electron chi connectivity index (χ2n) is 6.13. The molecule has 0 bridgehead atoms. The Morgan fingerprint density at radius 1 is 1.07 bits per heavy atom. The van der Waals surface area contributed by atoms with Gasteiger partial charge in [-0.25, -0.2) is 4.79 Å². The summed E-state index contributed by atoms with van der Waals surface area (Å²) in [7, 11) is 0. The van der Waals surface area contributed by atoms with Crippen LogP contribution in [0.5, 0.6) is 17.4 Å². The van der Waals surface area contributed by atoms with E-state index in [1.807, 2.05) is 24.3 Å². The van der Waals surface area contributed by atoms with E-state index in [4.69, 9.17) is 13.9 Å². The van der Waals surface area contributed by atoms with Crippen molar-refractivity contribution in [2.24, 2.45) is 0 Å². The van der Waals surface area contributed by atoms with Crippen LogP contribution in [0.25, 0.3) is 11.3 Å². The van der Waals surface area contributed by atoms with Crippen molar-refractivity contribution in [1.29, 1.82) is 0 Å². The Labute approximate surface area is 157 Å². The number of oxazole rings is 1. The minimum Gasteiger partial charge on any atom is -0.493 e. The van der Waals surface area contributed by atoms with Crippen molar-refractivity contribution in [3.63, 3.8) is 0 Å². The summed E-state index contributed by atoms with van der Waals surface area (Å²) in [5.74, 6) is 0.661. The van der Waals surface area contributed by atoms with Gasteiger partial charge in [-0.05, 0) is 30.2 Å². The Morgan fingerprint density at radius 2 is 1.89 bits per heavy atom. The maximum absolute atomic E-state index is 11.2. The second-order valence-corrected chi connectivity index (χ2v) is 6.13. The van der Waals surface area contributed by atoms with E-state index in [2.05, 4.69) is 18.0 Å². The fourth-order valence-corrected chi connectivity index (χ4v) is 2.79. The molecule has 0 aliphatic rings. The third-order valence-corrected chi connectivity index (χ3v) is 4.03. The Morgan fingerprint density at radius 3 is 2.67 bits per heavy atom. The zero-order valence-electron chi connectivity index (χ0n) is 15.2. The SMILES string of the molecule is CCCc1ccccc1OCCCOc1cccc(-c2oc(=O)[nH]c2O)c1. The number of aryl methyl sites for hydroxylation is 1. The number of aromatic hydroxyl groups is 1. The molecule has 1 heterocycles. The van der Waals surface area contributed by atoms with Crippen molar-refractivity contribution < 1.29 is 19.0 Å². The average Bonchev–Trinajstić information content (AvgIpc) is 3.01. The maximum atomic E-state index is 11.2. The van der Waals surface area contributed by atoms with Gasteiger partial charge in [-0.15, -0.1) is 0 Å². The highest BCUT2D eigenvalue weighted by Gasteiger charge is 2.12. The number of benzene rings is 2. The van der Waals surface area contributed by atoms with Crippen molar-refractivity contribution in [1.82, 2.24) is 4.98 Å². The van der Waals surface area contributed by atoms with Gasteiger partial charge in [0.2, 0.25) is 5.88 Å². The Bertz CT molecular complexity index is 928. The van der Waals surface area contributed by atoms with Crippen LogP contribution in [0.4, 0.5) is 0 Å². The fraction of sp³-hybridized carbons (Fsp3) is 0.286. The van der Waals surface area contributed by atoms with Crippen molar-refractivity contribution in [3.8, 4) is 28.7 Å². The van der Waals surface area contributed by atoms with Crippen molar-refractivity contribution in [3.05, 3.63) is 64.6 Å². The Kier molecular flexibility index (Phi) is 6.20. The molecule has 6 nitrogen and oxygen atoms in total. The highest BCUT2D eigenvalue weighted by Crippen LogP contribution is 2.28. The van der Waals surface area contributed by atoms with Gasteiger partial charge in [0.05, 0.1) is 13.2 Å². The van der Waals surface area contributed by atoms with E-state index >= 15 is 0 Å². The van der Waals surface area contributed by atoms with Gasteiger partial charge < -0.3 is 19.0 Å². The van der Waals surface area contributed by atoms with Crippen LogP contribution in [0.2, 0.25) is 0 Å². The number of H-pyrrole nitrogens is 1. The van der Waals surface area contributed by atoms with E-state index in [0.717, 1.165) is 25.0 Å². The number of hydrogen-bond acceptors (Lipinski definition) is 5. The van der Waals surface area contributed by atoms with Crippen LogP contribution in [0.1, 0.15) is 25.3 Å². The van der Waals surface area contributed by atoms with Crippen LogP contribution < -0.4 is 15.2 Å². The van der Waals surface area contributed by atoms with Crippen LogP contribution in [0, 0.1) is 0 Å². The molecule has 1 aromatic heterocycles. The molecule has 2 N–H and O–H groups in total. The van der Waals surface area contributed by atoms with Gasteiger partial charge in [0, 0.05) is 12.0 Å². The zero-order chi connectivity index (χ0) is 19.1. The minimum absolute atomic E-state index is 0.0984. The summed E-state index contributed by atoms with van der Waals surface area (Å²) in [5.41, 5.74) is 1.79. The number of aromatic nitrogens is 1. The van der Waals surface area contributed by atoms with Crippen LogP contribution in [-0.4, -0.2) is 23.3 Å². The number of rotatable bonds is 9. The number of ether oxygens (including phenoxy) is 2. The van der Waals surface area contributed by atoms with Gasteiger partial charge >= 0.3 is 5.76 Å². The molecule has 0 fully saturated rings. The summed E-state index contributed by atoms with van der Waals surface area (Å²) in [4.78, 5) is 13.4. The number of aromatic amines is 1. The predicted molar refractivity (Wildman–Crippen MR) is 102 cm³/mol. The summed E-state index contributed by atoms with van der Waals surface area (Å²) in [5, 5.41) is 9.68. The second kappa shape index (κ2) is 8.98. The van der Waals surface area contributed by atoms with Crippen LogP contribution >= 0.6 is 0 Å². The van der Waals surface area contributed by atoms with Crippen molar-refractivity contribution >= 4 is 0 Å². The van der Waals surface area contributed by atoms with E-state index < -0.39 is 5.76 Å². The average molecular weight is 369 g/mol. The van der Waals surface area contributed by atoms with Gasteiger partial charge in [0.25, 0.3) is 0 Å². The largest absolute Gasteiger partial charge is 0.493 e. The van der Waals surface area contributed by atoms with Gasteiger partial charge in [0.1, 0.15) is 11.5 Å². The molecule has 0 saturated carbocycles. The standard InChI is InChI=1S/C21H23NO5/c1-2-7-15-8-3-4-11-18(15)26-13-6-12-25-17-10-5-9-16(14-17)19-20(23)22-21(24)27-19/h3-5,8-11,14,23H,2,6-7,12-13H2,1H3,(H,22,24). The predicted octanol–water partition coefficient (Wildman–Crippen LogP) is 4.14. The highest BCUT2D eigenvalue weighted by atomic mass is 16.5. The molecular formula is C21H23NO5. The zero-order valence-corrected chi connectivity index (χ0v) is 15.2. The first-order chi connectivity index (χ1) is 13.2. The Hall–Kier alpha value is -3.15. The van der Waals surface area contributed by atoms with E-state index in [1.54, 1.807) is 18.2 Å². The van der Waals surface area contributed by atoms with E-state index in [9.17, 15) is 9.90 Å². The Balaban J connectivity index is 1.51. The molecular weight excluding hydrogens is 346 g/mol. The molecule has 0 saturated heterocycles. The van der Waals surface area contributed by atoms with Crippen molar-refractivity contribution in [2.45, 2.75) is 26.2 Å². The lowest BCUT2D eigenvalue weighted by Crippen LogP contribution is -2.06. The smallest absolute Gasteiger partial charge is 0.419 e. The van der Waals surface area contributed by atoms with Crippen LogP contribution in [-0.2, 0) is 6.42 Å².